The number of aromatic nitrogens is 2. The molecule has 0 bridgehead atoms. The number of benzene rings is 2. The minimum atomic E-state index is -0.0502. The molecule has 0 radical (unpaired) electrons. The molecule has 0 spiro atoms. The first kappa shape index (κ1) is 18.4. The molecule has 142 valence electrons. The molecule has 1 aliphatic rings. The monoisotopic (exact) mass is 393 g/mol. The van der Waals surface area contributed by atoms with Gasteiger partial charge in [0.05, 0.1) is 17.4 Å². The molecule has 2 aromatic carbocycles. The predicted molar refractivity (Wildman–Crippen MR) is 108 cm³/mol. The summed E-state index contributed by atoms with van der Waals surface area (Å²) >= 11 is 5.91. The molecule has 3 aromatic rings. The van der Waals surface area contributed by atoms with Crippen molar-refractivity contribution in [3.8, 4) is 5.69 Å². The Morgan fingerprint density at radius 2 is 1.61 bits per heavy atom. The zero-order valence-corrected chi connectivity index (χ0v) is 16.0. The van der Waals surface area contributed by atoms with Gasteiger partial charge in [-0.25, -0.2) is 4.68 Å². The van der Waals surface area contributed by atoms with E-state index in [0.717, 1.165) is 11.3 Å². The maximum Gasteiger partial charge on any atom is 0.257 e. The lowest BCUT2D eigenvalue weighted by Gasteiger charge is -2.31. The third-order valence-electron chi connectivity index (χ3n) is 5.13. The van der Waals surface area contributed by atoms with Crippen LogP contribution in [-0.2, 0) is 0 Å². The standard InChI is InChI=1S/C22H20ClN3O2/c23-19-6-8-20(9-7-19)26-15-18(14-24-26)22(28)25-12-10-17(11-13-25)21(27)16-4-2-1-3-5-16/h1-9,14-15,17H,10-13H2. The normalized spacial score (nSPS) is 14.8. The predicted octanol–water partition coefficient (Wildman–Crippen LogP) is 4.26. The molecule has 28 heavy (non-hydrogen) atoms. The number of likely N-dealkylation sites (tertiary alicyclic amines) is 1. The highest BCUT2D eigenvalue weighted by Gasteiger charge is 2.28. The minimum absolute atomic E-state index is 0.0248. The zero-order valence-electron chi connectivity index (χ0n) is 15.3. The summed E-state index contributed by atoms with van der Waals surface area (Å²) in [6.45, 7) is 1.16. The number of Topliss-reactive ketones (excluding diaryl/α,β-unsaturated/α-hetero) is 1. The van der Waals surface area contributed by atoms with Crippen LogP contribution in [0.4, 0.5) is 0 Å². The number of rotatable bonds is 4. The molecule has 6 heteroatoms. The van der Waals surface area contributed by atoms with Gasteiger partial charge in [-0.2, -0.15) is 5.10 Å². The molecule has 5 nitrogen and oxygen atoms in total. The van der Waals surface area contributed by atoms with Gasteiger partial charge in [0.15, 0.2) is 5.78 Å². The van der Waals surface area contributed by atoms with Crippen LogP contribution in [-0.4, -0.2) is 39.5 Å². The fourth-order valence-corrected chi connectivity index (χ4v) is 3.66. The molecule has 1 aliphatic heterocycles. The van der Waals surface area contributed by atoms with E-state index in [0.29, 0.717) is 36.5 Å². The van der Waals surface area contributed by atoms with Crippen LogP contribution in [0.3, 0.4) is 0 Å². The fourth-order valence-electron chi connectivity index (χ4n) is 3.53. The lowest BCUT2D eigenvalue weighted by atomic mass is 9.89. The molecule has 1 saturated heterocycles. The molecule has 0 N–H and O–H groups in total. The van der Waals surface area contributed by atoms with Gasteiger partial charge in [-0.15, -0.1) is 0 Å². The molecule has 1 aromatic heterocycles. The Morgan fingerprint density at radius 1 is 0.929 bits per heavy atom. The quantitative estimate of drug-likeness (QED) is 0.622. The van der Waals surface area contributed by atoms with Crippen molar-refractivity contribution in [2.45, 2.75) is 12.8 Å². The van der Waals surface area contributed by atoms with Crippen LogP contribution < -0.4 is 0 Å². The van der Waals surface area contributed by atoms with Crippen molar-refractivity contribution in [2.75, 3.05) is 13.1 Å². The Labute approximate surface area is 168 Å². The third kappa shape index (κ3) is 3.85. The Morgan fingerprint density at radius 3 is 2.29 bits per heavy atom. The summed E-state index contributed by atoms with van der Waals surface area (Å²) in [6, 6.07) is 16.6. The van der Waals surface area contributed by atoms with Gasteiger partial charge >= 0.3 is 0 Å². The summed E-state index contributed by atoms with van der Waals surface area (Å²) in [7, 11) is 0. The molecular weight excluding hydrogens is 374 g/mol. The molecular formula is C22H20ClN3O2. The van der Waals surface area contributed by atoms with E-state index in [4.69, 9.17) is 11.6 Å². The average molecular weight is 394 g/mol. The van der Waals surface area contributed by atoms with Crippen LogP contribution in [0.5, 0.6) is 0 Å². The zero-order chi connectivity index (χ0) is 19.5. The third-order valence-corrected chi connectivity index (χ3v) is 5.38. The number of halogens is 1. The summed E-state index contributed by atoms with van der Waals surface area (Å²) in [4.78, 5) is 27.2. The smallest absolute Gasteiger partial charge is 0.257 e. The number of carbonyl (C=O) groups excluding carboxylic acids is 2. The van der Waals surface area contributed by atoms with Crippen LogP contribution in [0.25, 0.3) is 5.69 Å². The molecule has 2 heterocycles. The molecule has 0 saturated carbocycles. The van der Waals surface area contributed by atoms with Crippen LogP contribution in [0.15, 0.2) is 67.0 Å². The van der Waals surface area contributed by atoms with Crippen molar-refractivity contribution in [1.82, 2.24) is 14.7 Å². The van der Waals surface area contributed by atoms with E-state index in [-0.39, 0.29) is 17.6 Å². The number of nitrogens with zero attached hydrogens (tertiary/aromatic N) is 3. The summed E-state index contributed by atoms with van der Waals surface area (Å²) in [5, 5.41) is 4.94. The van der Waals surface area contributed by atoms with Gasteiger partial charge in [-0.1, -0.05) is 41.9 Å². The summed E-state index contributed by atoms with van der Waals surface area (Å²) in [6.07, 6.45) is 4.68. The summed E-state index contributed by atoms with van der Waals surface area (Å²) < 4.78 is 1.66. The highest BCUT2D eigenvalue weighted by molar-refractivity contribution is 6.30. The molecule has 0 aliphatic carbocycles. The van der Waals surface area contributed by atoms with Crippen LogP contribution in [0.2, 0.25) is 5.02 Å². The second kappa shape index (κ2) is 7.98. The van der Waals surface area contributed by atoms with Crippen LogP contribution in [0, 0.1) is 5.92 Å². The van der Waals surface area contributed by atoms with Gasteiger partial charge in [0.2, 0.25) is 0 Å². The SMILES string of the molecule is O=C(c1ccccc1)C1CCN(C(=O)c2cnn(-c3ccc(Cl)cc3)c2)CC1. The van der Waals surface area contributed by atoms with Crippen molar-refractivity contribution in [3.63, 3.8) is 0 Å². The number of hydrogen-bond acceptors (Lipinski definition) is 3. The molecule has 1 amide bonds. The highest BCUT2D eigenvalue weighted by Crippen LogP contribution is 2.23. The summed E-state index contributed by atoms with van der Waals surface area (Å²) in [5.74, 6) is 0.0947. The number of ketones is 1. The van der Waals surface area contributed by atoms with Gasteiger partial charge in [-0.05, 0) is 37.1 Å². The van der Waals surface area contributed by atoms with E-state index in [1.54, 1.807) is 34.1 Å². The van der Waals surface area contributed by atoms with Gasteiger partial charge in [0, 0.05) is 35.8 Å². The van der Waals surface area contributed by atoms with Gasteiger partial charge in [0.1, 0.15) is 0 Å². The Balaban J connectivity index is 1.39. The van der Waals surface area contributed by atoms with Crippen LogP contribution >= 0.6 is 11.6 Å². The van der Waals surface area contributed by atoms with E-state index in [2.05, 4.69) is 5.10 Å². The van der Waals surface area contributed by atoms with E-state index < -0.39 is 0 Å². The molecule has 0 unspecified atom stereocenters. The molecule has 4 rings (SSSR count). The maximum absolute atomic E-state index is 12.8. The number of hydrogen-bond donors (Lipinski definition) is 0. The van der Waals surface area contributed by atoms with Gasteiger partial charge < -0.3 is 4.90 Å². The van der Waals surface area contributed by atoms with E-state index in [9.17, 15) is 9.59 Å². The molecule has 1 fully saturated rings. The maximum atomic E-state index is 12.8. The Bertz CT molecular complexity index is 975. The van der Waals surface area contributed by atoms with Gasteiger partial charge in [-0.3, -0.25) is 9.59 Å². The first-order valence-corrected chi connectivity index (χ1v) is 9.69. The topological polar surface area (TPSA) is 55.2 Å². The number of piperidine rings is 1. The fraction of sp³-hybridized carbons (Fsp3) is 0.227. The van der Waals surface area contributed by atoms with E-state index in [1.165, 1.54) is 0 Å². The van der Waals surface area contributed by atoms with Crippen molar-refractivity contribution >= 4 is 23.3 Å². The Kier molecular flexibility index (Phi) is 5.26. The van der Waals surface area contributed by atoms with Crippen molar-refractivity contribution < 1.29 is 9.59 Å². The Hall–Kier alpha value is -2.92. The number of carbonyl (C=O) groups is 2. The van der Waals surface area contributed by atoms with Crippen molar-refractivity contribution in [3.05, 3.63) is 83.1 Å². The largest absolute Gasteiger partial charge is 0.339 e. The number of amides is 1. The van der Waals surface area contributed by atoms with E-state index >= 15 is 0 Å². The first-order chi connectivity index (χ1) is 13.6. The van der Waals surface area contributed by atoms with Crippen molar-refractivity contribution in [1.29, 1.82) is 0 Å². The summed E-state index contributed by atoms with van der Waals surface area (Å²) in [5.41, 5.74) is 2.13. The highest BCUT2D eigenvalue weighted by atomic mass is 35.5. The second-order valence-corrected chi connectivity index (χ2v) is 7.38. The first-order valence-electron chi connectivity index (χ1n) is 9.31. The van der Waals surface area contributed by atoms with Crippen molar-refractivity contribution in [2.24, 2.45) is 5.92 Å². The van der Waals surface area contributed by atoms with E-state index in [1.807, 2.05) is 42.5 Å². The lowest BCUT2D eigenvalue weighted by Crippen LogP contribution is -2.40. The second-order valence-electron chi connectivity index (χ2n) is 6.95. The lowest BCUT2D eigenvalue weighted by molar-refractivity contribution is 0.0650. The van der Waals surface area contributed by atoms with Crippen LogP contribution in [0.1, 0.15) is 33.6 Å². The molecule has 0 atom stereocenters. The average Bonchev–Trinajstić information content (AvgIpc) is 3.24. The minimum Gasteiger partial charge on any atom is -0.339 e. The van der Waals surface area contributed by atoms with Gasteiger partial charge in [0.25, 0.3) is 5.91 Å².